The van der Waals surface area contributed by atoms with E-state index in [4.69, 9.17) is 16.3 Å². The van der Waals surface area contributed by atoms with Gasteiger partial charge in [-0.25, -0.2) is 0 Å². The number of amides is 1. The maximum Gasteiger partial charge on any atom is 0.237 e. The monoisotopic (exact) mass is 472 g/mol. The van der Waals surface area contributed by atoms with E-state index in [0.717, 1.165) is 11.3 Å². The van der Waals surface area contributed by atoms with Gasteiger partial charge in [0.25, 0.3) is 0 Å². The number of nitrogens with one attached hydrogen (secondary N) is 1. The number of aryl methyl sites for hydroxylation is 1. The topological polar surface area (TPSA) is 69.0 Å². The number of hydrogen-bond acceptors (Lipinski definition) is 5. The summed E-state index contributed by atoms with van der Waals surface area (Å²) in [5.41, 5.74) is 1.84. The zero-order valence-corrected chi connectivity index (χ0v) is 20.6. The van der Waals surface area contributed by atoms with Gasteiger partial charge in [0.15, 0.2) is 17.1 Å². The van der Waals surface area contributed by atoms with E-state index in [1.54, 1.807) is 6.07 Å². The highest BCUT2D eigenvalue weighted by Gasteiger charge is 2.24. The molecule has 3 aromatic rings. The Bertz CT molecular complexity index is 1070. The van der Waals surface area contributed by atoms with E-state index in [-0.39, 0.29) is 17.3 Å². The lowest BCUT2D eigenvalue weighted by Gasteiger charge is -2.19. The normalized spacial score (nSPS) is 13.1. The Morgan fingerprint density at radius 3 is 2.47 bits per heavy atom. The molecule has 2 atom stereocenters. The highest BCUT2D eigenvalue weighted by atomic mass is 35.5. The molecule has 0 aliphatic heterocycles. The molecule has 0 fully saturated rings. The number of halogens is 1. The van der Waals surface area contributed by atoms with Crippen LogP contribution in [0.1, 0.15) is 45.2 Å². The van der Waals surface area contributed by atoms with Gasteiger partial charge in [0.2, 0.25) is 5.91 Å². The highest BCUT2D eigenvalue weighted by molar-refractivity contribution is 8.00. The number of hydrogen-bond donors (Lipinski definition) is 1. The predicted octanol–water partition coefficient (Wildman–Crippen LogP) is 6.16. The Morgan fingerprint density at radius 1 is 1.09 bits per heavy atom. The van der Waals surface area contributed by atoms with Gasteiger partial charge >= 0.3 is 0 Å². The van der Waals surface area contributed by atoms with Crippen LogP contribution in [0.2, 0.25) is 5.02 Å². The first-order valence-corrected chi connectivity index (χ1v) is 11.9. The van der Waals surface area contributed by atoms with Gasteiger partial charge in [-0.3, -0.25) is 4.79 Å². The average Bonchev–Trinajstić information content (AvgIpc) is 3.12. The largest absolute Gasteiger partial charge is 0.481 e. The molecule has 0 bridgehead atoms. The van der Waals surface area contributed by atoms with Crippen molar-refractivity contribution in [1.29, 1.82) is 0 Å². The van der Waals surface area contributed by atoms with Crippen LogP contribution < -0.4 is 10.1 Å². The Kier molecular flexibility index (Phi) is 8.21. The molecule has 8 heteroatoms. The number of para-hydroxylation sites is 2. The Balaban J connectivity index is 1.77. The SMILES string of the molecule is Cc1ccccc1NC(=O)C(C)Sc1nnc(C(C)Oc2ccccc2Cl)n1CC(C)C. The third-order valence-electron chi connectivity index (χ3n) is 4.85. The molecule has 0 aliphatic carbocycles. The number of ether oxygens (including phenoxy) is 1. The molecule has 6 nitrogen and oxygen atoms in total. The van der Waals surface area contributed by atoms with Crippen LogP contribution in [0.5, 0.6) is 5.75 Å². The molecule has 0 spiro atoms. The molecule has 170 valence electrons. The molecule has 0 saturated heterocycles. The van der Waals surface area contributed by atoms with Crippen molar-refractivity contribution in [2.75, 3.05) is 5.32 Å². The van der Waals surface area contributed by atoms with Crippen molar-refractivity contribution >= 4 is 35.0 Å². The number of carbonyl (C=O) groups is 1. The summed E-state index contributed by atoms with van der Waals surface area (Å²) in [6, 6.07) is 15.1. The standard InChI is InChI=1S/C24H29ClN4O2S/c1-15(2)14-29-22(17(4)31-21-13-9-7-11-19(21)25)27-28-24(29)32-18(5)23(30)26-20-12-8-6-10-16(20)3/h6-13,15,17-18H,14H2,1-5H3,(H,26,30). The molecule has 0 aliphatic rings. The van der Waals surface area contributed by atoms with Crippen LogP contribution >= 0.6 is 23.4 Å². The van der Waals surface area contributed by atoms with Gasteiger partial charge in [-0.15, -0.1) is 10.2 Å². The number of benzene rings is 2. The minimum absolute atomic E-state index is 0.0784. The molecule has 2 unspecified atom stereocenters. The number of thioether (sulfide) groups is 1. The van der Waals surface area contributed by atoms with Crippen LogP contribution in [0, 0.1) is 12.8 Å². The molecule has 2 aromatic carbocycles. The zero-order chi connectivity index (χ0) is 23.3. The van der Waals surface area contributed by atoms with Crippen LogP contribution in [-0.2, 0) is 11.3 Å². The van der Waals surface area contributed by atoms with Gasteiger partial charge in [0.1, 0.15) is 5.75 Å². The van der Waals surface area contributed by atoms with Crippen molar-refractivity contribution < 1.29 is 9.53 Å². The summed E-state index contributed by atoms with van der Waals surface area (Å²) >= 11 is 7.64. The second-order valence-corrected chi connectivity index (χ2v) is 9.82. The lowest BCUT2D eigenvalue weighted by Crippen LogP contribution is -2.23. The van der Waals surface area contributed by atoms with Crippen molar-refractivity contribution in [3.05, 3.63) is 64.9 Å². The van der Waals surface area contributed by atoms with Gasteiger partial charge in [-0.05, 0) is 50.5 Å². The Hall–Kier alpha value is -2.51. The van der Waals surface area contributed by atoms with E-state index in [1.807, 2.05) is 67.8 Å². The summed E-state index contributed by atoms with van der Waals surface area (Å²) in [7, 11) is 0. The van der Waals surface area contributed by atoms with Crippen LogP contribution in [0.15, 0.2) is 53.7 Å². The predicted molar refractivity (Wildman–Crippen MR) is 130 cm³/mol. The van der Waals surface area contributed by atoms with E-state index in [9.17, 15) is 4.79 Å². The fraction of sp³-hybridized carbons (Fsp3) is 0.375. The van der Waals surface area contributed by atoms with Crippen LogP contribution in [0.3, 0.4) is 0 Å². The summed E-state index contributed by atoms with van der Waals surface area (Å²) in [6.07, 6.45) is -0.355. The summed E-state index contributed by atoms with van der Waals surface area (Å²) in [6.45, 7) is 10.7. The quantitative estimate of drug-likeness (QED) is 0.378. The van der Waals surface area contributed by atoms with E-state index in [1.165, 1.54) is 11.8 Å². The van der Waals surface area contributed by atoms with Gasteiger partial charge in [0.05, 0.1) is 10.3 Å². The van der Waals surface area contributed by atoms with Gasteiger partial charge in [0, 0.05) is 12.2 Å². The number of anilines is 1. The first kappa shape index (κ1) is 24.1. The summed E-state index contributed by atoms with van der Waals surface area (Å²) in [5.74, 6) is 1.59. The minimum atomic E-state index is -0.355. The molecule has 1 aromatic heterocycles. The third kappa shape index (κ3) is 6.04. The van der Waals surface area contributed by atoms with Gasteiger partial charge in [-0.1, -0.05) is 67.5 Å². The maximum absolute atomic E-state index is 12.8. The average molecular weight is 473 g/mol. The Labute approximate surface area is 198 Å². The molecular weight excluding hydrogens is 444 g/mol. The van der Waals surface area contributed by atoms with Crippen molar-refractivity contribution in [2.24, 2.45) is 5.92 Å². The van der Waals surface area contributed by atoms with Crippen LogP contribution in [0.4, 0.5) is 5.69 Å². The van der Waals surface area contributed by atoms with E-state index >= 15 is 0 Å². The van der Waals surface area contributed by atoms with Crippen molar-refractivity contribution in [3.8, 4) is 5.75 Å². The number of aromatic nitrogens is 3. The molecule has 0 radical (unpaired) electrons. The fourth-order valence-electron chi connectivity index (χ4n) is 3.17. The Morgan fingerprint density at radius 2 is 1.78 bits per heavy atom. The van der Waals surface area contributed by atoms with Crippen molar-refractivity contribution in [1.82, 2.24) is 14.8 Å². The lowest BCUT2D eigenvalue weighted by molar-refractivity contribution is -0.115. The number of rotatable bonds is 9. The third-order valence-corrected chi connectivity index (χ3v) is 6.24. The first-order chi connectivity index (χ1) is 15.3. The van der Waals surface area contributed by atoms with Crippen molar-refractivity contribution in [3.63, 3.8) is 0 Å². The second-order valence-electron chi connectivity index (χ2n) is 8.10. The highest BCUT2D eigenvalue weighted by Crippen LogP contribution is 2.31. The number of nitrogens with zero attached hydrogens (tertiary/aromatic N) is 3. The molecule has 1 heterocycles. The second kappa shape index (κ2) is 10.9. The first-order valence-electron chi connectivity index (χ1n) is 10.6. The molecular formula is C24H29ClN4O2S. The molecule has 1 amide bonds. The fourth-order valence-corrected chi connectivity index (χ4v) is 4.21. The number of carbonyl (C=O) groups excluding carboxylic acids is 1. The van der Waals surface area contributed by atoms with Gasteiger partial charge < -0.3 is 14.6 Å². The smallest absolute Gasteiger partial charge is 0.237 e. The molecule has 32 heavy (non-hydrogen) atoms. The molecule has 0 saturated carbocycles. The lowest BCUT2D eigenvalue weighted by atomic mass is 10.2. The summed E-state index contributed by atoms with van der Waals surface area (Å²) in [4.78, 5) is 12.8. The van der Waals surface area contributed by atoms with E-state index in [0.29, 0.717) is 34.2 Å². The van der Waals surface area contributed by atoms with Gasteiger partial charge in [-0.2, -0.15) is 0 Å². The van der Waals surface area contributed by atoms with Crippen LogP contribution in [-0.4, -0.2) is 25.9 Å². The maximum atomic E-state index is 12.8. The minimum Gasteiger partial charge on any atom is -0.481 e. The molecule has 1 N–H and O–H groups in total. The van der Waals surface area contributed by atoms with Crippen molar-refractivity contribution in [2.45, 2.75) is 57.7 Å². The van der Waals surface area contributed by atoms with E-state index in [2.05, 4.69) is 29.4 Å². The summed E-state index contributed by atoms with van der Waals surface area (Å²) < 4.78 is 8.10. The zero-order valence-electron chi connectivity index (χ0n) is 19.0. The van der Waals surface area contributed by atoms with E-state index < -0.39 is 0 Å². The van der Waals surface area contributed by atoms with Crippen LogP contribution in [0.25, 0.3) is 0 Å². The summed E-state index contributed by atoms with van der Waals surface area (Å²) in [5, 5.41) is 12.7. The molecule has 3 rings (SSSR count).